The molecule has 0 bridgehead atoms. The van der Waals surface area contributed by atoms with Crippen LogP contribution in [0.4, 0.5) is 0 Å². The number of aromatic nitrogens is 2. The van der Waals surface area contributed by atoms with Crippen LogP contribution in [0.1, 0.15) is 91.4 Å². The van der Waals surface area contributed by atoms with E-state index in [1.807, 2.05) is 29.9 Å². The lowest BCUT2D eigenvalue weighted by Gasteiger charge is -2.56. The highest BCUT2D eigenvalue weighted by molar-refractivity contribution is 6.07. The van der Waals surface area contributed by atoms with E-state index in [0.29, 0.717) is 11.5 Å². The van der Waals surface area contributed by atoms with Gasteiger partial charge in [0.1, 0.15) is 0 Å². The van der Waals surface area contributed by atoms with Gasteiger partial charge in [0.2, 0.25) is 0 Å². The summed E-state index contributed by atoms with van der Waals surface area (Å²) in [5.41, 5.74) is 4.93. The highest BCUT2D eigenvalue weighted by atomic mass is 16.4. The first-order chi connectivity index (χ1) is 17.4. The molecule has 36 heavy (non-hydrogen) atoms. The number of carbonyl (C=O) groups excluding carboxylic acids is 1. The molecule has 0 aliphatic heterocycles. The number of hydrogen-bond donors (Lipinski definition) is 2. The van der Waals surface area contributed by atoms with Crippen molar-refractivity contribution in [3.8, 4) is 11.8 Å². The van der Waals surface area contributed by atoms with Gasteiger partial charge >= 0.3 is 5.97 Å². The molecule has 1 spiro atoms. The normalized spacial score (nSPS) is 25.4. The maximum absolute atomic E-state index is 13.5. The van der Waals surface area contributed by atoms with E-state index in [1.54, 1.807) is 0 Å². The van der Waals surface area contributed by atoms with Crippen molar-refractivity contribution in [2.75, 3.05) is 0 Å². The second-order valence-electron chi connectivity index (χ2n) is 11.0. The van der Waals surface area contributed by atoms with Gasteiger partial charge in [-0.15, -0.1) is 5.92 Å². The minimum Gasteiger partial charge on any atom is -0.481 e. The molecule has 6 heteroatoms. The highest BCUT2D eigenvalue weighted by Gasteiger charge is 2.55. The van der Waals surface area contributed by atoms with Crippen LogP contribution < -0.4 is 5.32 Å². The third kappa shape index (κ3) is 3.87. The summed E-state index contributed by atoms with van der Waals surface area (Å²) in [7, 11) is 0. The summed E-state index contributed by atoms with van der Waals surface area (Å²) < 4.78 is 1.95. The maximum atomic E-state index is 13.5. The molecule has 0 saturated heterocycles. The summed E-state index contributed by atoms with van der Waals surface area (Å²) >= 11 is 0. The third-order valence-electron chi connectivity index (χ3n) is 8.50. The molecule has 2 N–H and O–H groups in total. The first kappa shape index (κ1) is 22.8. The summed E-state index contributed by atoms with van der Waals surface area (Å²) in [5, 5.41) is 18.0. The van der Waals surface area contributed by atoms with Gasteiger partial charge in [0.25, 0.3) is 5.91 Å². The minimum absolute atomic E-state index is 0.0398. The number of fused-ring (bicyclic) bond motifs is 1. The smallest absolute Gasteiger partial charge is 0.306 e. The Labute approximate surface area is 211 Å². The fraction of sp³-hybridized carbons (Fsp3) is 0.433. The monoisotopic (exact) mass is 481 g/mol. The van der Waals surface area contributed by atoms with Crippen LogP contribution in [-0.2, 0) is 4.79 Å². The molecule has 1 amide bonds. The van der Waals surface area contributed by atoms with E-state index >= 15 is 0 Å². The average molecular weight is 482 g/mol. The zero-order valence-electron chi connectivity index (χ0n) is 20.8. The Morgan fingerprint density at radius 2 is 1.83 bits per heavy atom. The number of nitrogens with zero attached hydrogens (tertiary/aromatic N) is 2. The molecule has 3 aliphatic rings. The Hall–Kier alpha value is -3.59. The Balaban J connectivity index is 1.27. The second kappa shape index (κ2) is 8.51. The predicted octanol–water partition coefficient (Wildman–Crippen LogP) is 5.27. The zero-order chi connectivity index (χ0) is 25.0. The second-order valence-corrected chi connectivity index (χ2v) is 11.0. The van der Waals surface area contributed by atoms with Crippen molar-refractivity contribution in [3.05, 3.63) is 64.8 Å². The van der Waals surface area contributed by atoms with E-state index in [4.69, 9.17) is 5.10 Å². The standard InChI is InChI=1S/C30H31N3O3/c1-3-4-22-11-12-25(28(34)32-24-15-30(16-24)13-23(14-30)29(35)36)27-26(22)17-31-33(27)18(2)19-5-7-20(8-6-19)21-9-10-21/h5-8,11-12,17-18,21,23-24H,9-10,13-16H2,1-2H3,(H,32,34)(H,35,36)/t18-,23?,24?,30?/m1/s1. The van der Waals surface area contributed by atoms with Crippen molar-refractivity contribution in [1.29, 1.82) is 0 Å². The van der Waals surface area contributed by atoms with Crippen LogP contribution in [0.3, 0.4) is 0 Å². The molecular weight excluding hydrogens is 450 g/mol. The van der Waals surface area contributed by atoms with Crippen molar-refractivity contribution in [2.45, 2.75) is 70.4 Å². The van der Waals surface area contributed by atoms with Crippen molar-refractivity contribution in [1.82, 2.24) is 15.1 Å². The van der Waals surface area contributed by atoms with Gasteiger partial charge in [0.15, 0.2) is 0 Å². The fourth-order valence-electron chi connectivity index (χ4n) is 6.33. The molecule has 2 aromatic carbocycles. The summed E-state index contributed by atoms with van der Waals surface area (Å²) in [6.45, 7) is 3.92. The van der Waals surface area contributed by atoms with Gasteiger partial charge in [0.05, 0.1) is 29.2 Å². The minimum atomic E-state index is -0.699. The number of rotatable bonds is 6. The third-order valence-corrected chi connectivity index (χ3v) is 8.50. The van der Waals surface area contributed by atoms with Crippen LogP contribution >= 0.6 is 0 Å². The summed E-state index contributed by atoms with van der Waals surface area (Å²) in [4.78, 5) is 24.7. The van der Waals surface area contributed by atoms with Crippen molar-refractivity contribution >= 4 is 22.8 Å². The lowest BCUT2D eigenvalue weighted by atomic mass is 9.50. The fourth-order valence-corrected chi connectivity index (χ4v) is 6.33. The van der Waals surface area contributed by atoms with E-state index in [-0.39, 0.29) is 29.3 Å². The number of carboxylic acids is 1. The Kier molecular flexibility index (Phi) is 5.40. The number of nitrogens with one attached hydrogen (secondary N) is 1. The summed E-state index contributed by atoms with van der Waals surface area (Å²) in [6, 6.07) is 12.6. The summed E-state index contributed by atoms with van der Waals surface area (Å²) in [6.07, 6.45) is 7.54. The van der Waals surface area contributed by atoms with Gasteiger partial charge in [-0.2, -0.15) is 5.10 Å². The number of amides is 1. The zero-order valence-corrected chi connectivity index (χ0v) is 20.8. The van der Waals surface area contributed by atoms with Crippen LogP contribution in [0.25, 0.3) is 10.9 Å². The lowest BCUT2D eigenvalue weighted by molar-refractivity contribution is -0.155. The van der Waals surface area contributed by atoms with Gasteiger partial charge in [0, 0.05) is 17.0 Å². The van der Waals surface area contributed by atoms with Crippen molar-refractivity contribution in [3.63, 3.8) is 0 Å². The predicted molar refractivity (Wildman–Crippen MR) is 138 cm³/mol. The van der Waals surface area contributed by atoms with Crippen molar-refractivity contribution < 1.29 is 14.7 Å². The van der Waals surface area contributed by atoms with E-state index in [9.17, 15) is 14.7 Å². The van der Waals surface area contributed by atoms with E-state index < -0.39 is 5.97 Å². The Bertz CT molecular complexity index is 1410. The molecule has 0 unspecified atom stereocenters. The molecular formula is C30H31N3O3. The van der Waals surface area contributed by atoms with E-state index in [0.717, 1.165) is 47.7 Å². The molecule has 0 radical (unpaired) electrons. The number of carbonyl (C=O) groups is 2. The molecule has 3 fully saturated rings. The van der Waals surface area contributed by atoms with Gasteiger partial charge < -0.3 is 10.4 Å². The SMILES string of the molecule is CC#Cc1ccc(C(=O)NC2CC3(C2)CC(C(=O)O)C3)c2c1cnn2[C@H](C)c1ccc(C2CC2)cc1. The molecule has 1 heterocycles. The topological polar surface area (TPSA) is 84.2 Å². The highest BCUT2D eigenvalue weighted by Crippen LogP contribution is 2.58. The van der Waals surface area contributed by atoms with Crippen LogP contribution in [0.2, 0.25) is 0 Å². The van der Waals surface area contributed by atoms with Crippen molar-refractivity contribution in [2.24, 2.45) is 11.3 Å². The van der Waals surface area contributed by atoms with Gasteiger partial charge in [-0.1, -0.05) is 30.2 Å². The first-order valence-electron chi connectivity index (χ1n) is 12.9. The van der Waals surface area contributed by atoms with E-state index in [2.05, 4.69) is 48.3 Å². The molecule has 1 aromatic heterocycles. The molecule has 3 aromatic rings. The number of aliphatic carboxylic acids is 1. The van der Waals surface area contributed by atoms with Gasteiger partial charge in [-0.05, 0) is 87.0 Å². The largest absolute Gasteiger partial charge is 0.481 e. The van der Waals surface area contributed by atoms with E-state index in [1.165, 1.54) is 18.4 Å². The Morgan fingerprint density at radius 3 is 2.47 bits per heavy atom. The number of benzene rings is 2. The molecule has 1 atom stereocenters. The number of carboxylic acid groups (broad SMARTS) is 1. The lowest BCUT2D eigenvalue weighted by Crippen LogP contribution is -2.57. The molecule has 184 valence electrons. The Morgan fingerprint density at radius 1 is 1.11 bits per heavy atom. The molecule has 3 saturated carbocycles. The molecule has 6 nitrogen and oxygen atoms in total. The van der Waals surface area contributed by atoms with Gasteiger partial charge in [-0.25, -0.2) is 0 Å². The van der Waals surface area contributed by atoms with Crippen LogP contribution in [0.5, 0.6) is 0 Å². The number of hydrogen-bond acceptors (Lipinski definition) is 3. The quantitative estimate of drug-likeness (QED) is 0.470. The van der Waals surface area contributed by atoms with Crippen LogP contribution in [0.15, 0.2) is 42.6 Å². The van der Waals surface area contributed by atoms with Crippen LogP contribution in [-0.4, -0.2) is 32.8 Å². The first-order valence-corrected chi connectivity index (χ1v) is 12.9. The maximum Gasteiger partial charge on any atom is 0.306 e. The summed E-state index contributed by atoms with van der Waals surface area (Å²) in [5.74, 6) is 5.81. The molecule has 3 aliphatic carbocycles. The molecule has 6 rings (SSSR count). The average Bonchev–Trinajstić information content (AvgIpc) is 3.57. The van der Waals surface area contributed by atoms with Gasteiger partial charge in [-0.3, -0.25) is 14.3 Å². The van der Waals surface area contributed by atoms with Crippen LogP contribution in [0, 0.1) is 23.2 Å².